The lowest BCUT2D eigenvalue weighted by Gasteiger charge is -2.20. The number of aryl methyl sites for hydroxylation is 3. The predicted octanol–water partition coefficient (Wildman–Crippen LogP) is 1.69. The lowest BCUT2D eigenvalue weighted by Crippen LogP contribution is -2.42. The summed E-state index contributed by atoms with van der Waals surface area (Å²) >= 11 is 0. The molecule has 3 amide bonds. The molecule has 2 rings (SSSR count). The van der Waals surface area contributed by atoms with Crippen molar-refractivity contribution in [3.63, 3.8) is 0 Å². The minimum absolute atomic E-state index is 0.0150. The second kappa shape index (κ2) is 7.29. The van der Waals surface area contributed by atoms with Crippen molar-refractivity contribution in [2.45, 2.75) is 33.6 Å². The second-order valence-corrected chi connectivity index (χ2v) is 5.95. The van der Waals surface area contributed by atoms with E-state index in [1.807, 2.05) is 0 Å². The summed E-state index contributed by atoms with van der Waals surface area (Å²) in [6.45, 7) is 8.52. The predicted molar refractivity (Wildman–Crippen MR) is 87.0 cm³/mol. The standard InChI is InChI=1S/C17H25N3O2/c1-12-10-13(2)15(14(3)11-12)4-6-19-17(22)20-8-5-16(21)18-7-9-20/h10-11H,4-9H2,1-3H3,(H,18,21)(H,19,22). The molecule has 1 aromatic carbocycles. The van der Waals surface area contributed by atoms with E-state index in [1.54, 1.807) is 4.90 Å². The number of benzene rings is 1. The third kappa shape index (κ3) is 4.23. The molecule has 0 saturated carbocycles. The Morgan fingerprint density at radius 1 is 1.23 bits per heavy atom. The van der Waals surface area contributed by atoms with Crippen LogP contribution in [0.4, 0.5) is 4.79 Å². The zero-order valence-corrected chi connectivity index (χ0v) is 13.7. The van der Waals surface area contributed by atoms with E-state index >= 15 is 0 Å². The summed E-state index contributed by atoms with van der Waals surface area (Å²) in [5.74, 6) is 0.0150. The van der Waals surface area contributed by atoms with E-state index < -0.39 is 0 Å². The van der Waals surface area contributed by atoms with Crippen molar-refractivity contribution in [1.29, 1.82) is 0 Å². The normalized spacial score (nSPS) is 15.2. The van der Waals surface area contributed by atoms with Crippen molar-refractivity contribution in [3.05, 3.63) is 34.4 Å². The first-order valence-electron chi connectivity index (χ1n) is 7.83. The molecule has 0 bridgehead atoms. The number of nitrogens with zero attached hydrogens (tertiary/aromatic N) is 1. The zero-order chi connectivity index (χ0) is 16.1. The molecule has 1 aliphatic heterocycles. The highest BCUT2D eigenvalue weighted by molar-refractivity contribution is 5.79. The quantitative estimate of drug-likeness (QED) is 0.892. The zero-order valence-electron chi connectivity index (χ0n) is 13.7. The molecule has 0 atom stereocenters. The summed E-state index contributed by atoms with van der Waals surface area (Å²) < 4.78 is 0. The number of nitrogens with one attached hydrogen (secondary N) is 2. The van der Waals surface area contributed by atoms with Crippen LogP contribution in [0.25, 0.3) is 0 Å². The van der Waals surface area contributed by atoms with Gasteiger partial charge < -0.3 is 15.5 Å². The summed E-state index contributed by atoms with van der Waals surface area (Å²) in [7, 11) is 0. The number of carbonyl (C=O) groups is 2. The molecule has 120 valence electrons. The molecule has 0 spiro atoms. The molecule has 0 aromatic heterocycles. The van der Waals surface area contributed by atoms with Crippen molar-refractivity contribution in [3.8, 4) is 0 Å². The fourth-order valence-corrected chi connectivity index (χ4v) is 2.98. The number of carbonyl (C=O) groups excluding carboxylic acids is 2. The van der Waals surface area contributed by atoms with Gasteiger partial charge in [0.05, 0.1) is 0 Å². The van der Waals surface area contributed by atoms with Gasteiger partial charge in [0.1, 0.15) is 0 Å². The van der Waals surface area contributed by atoms with Crippen LogP contribution in [0.2, 0.25) is 0 Å². The molecule has 5 nitrogen and oxygen atoms in total. The largest absolute Gasteiger partial charge is 0.354 e. The van der Waals surface area contributed by atoms with Crippen molar-refractivity contribution < 1.29 is 9.59 Å². The molecule has 1 saturated heterocycles. The summed E-state index contributed by atoms with van der Waals surface area (Å²) in [6.07, 6.45) is 1.21. The highest BCUT2D eigenvalue weighted by atomic mass is 16.2. The molecule has 1 aromatic rings. The van der Waals surface area contributed by atoms with Gasteiger partial charge in [0.25, 0.3) is 0 Å². The van der Waals surface area contributed by atoms with Crippen LogP contribution in [-0.2, 0) is 11.2 Å². The van der Waals surface area contributed by atoms with Gasteiger partial charge in [0, 0.05) is 32.6 Å². The van der Waals surface area contributed by atoms with Crippen LogP contribution in [0.5, 0.6) is 0 Å². The SMILES string of the molecule is Cc1cc(C)c(CCNC(=O)N2CCNC(=O)CC2)c(C)c1. The van der Waals surface area contributed by atoms with Crippen molar-refractivity contribution in [2.24, 2.45) is 0 Å². The summed E-state index contributed by atoms with van der Waals surface area (Å²) in [4.78, 5) is 25.1. The van der Waals surface area contributed by atoms with Gasteiger partial charge in [-0.3, -0.25) is 4.79 Å². The number of urea groups is 1. The van der Waals surface area contributed by atoms with Crippen LogP contribution >= 0.6 is 0 Å². The van der Waals surface area contributed by atoms with Crippen LogP contribution in [0.1, 0.15) is 28.7 Å². The number of hydrogen-bond acceptors (Lipinski definition) is 2. The van der Waals surface area contributed by atoms with E-state index in [-0.39, 0.29) is 11.9 Å². The van der Waals surface area contributed by atoms with E-state index in [0.29, 0.717) is 32.6 Å². The number of amides is 3. The van der Waals surface area contributed by atoms with Gasteiger partial charge in [-0.1, -0.05) is 17.7 Å². The minimum atomic E-state index is -0.0843. The van der Waals surface area contributed by atoms with Gasteiger partial charge in [-0.05, 0) is 43.9 Å². The van der Waals surface area contributed by atoms with Crippen LogP contribution in [-0.4, -0.2) is 43.0 Å². The van der Waals surface area contributed by atoms with Crippen LogP contribution in [0.15, 0.2) is 12.1 Å². The Bertz CT molecular complexity index is 546. The highest BCUT2D eigenvalue weighted by Gasteiger charge is 2.17. The molecule has 1 fully saturated rings. The van der Waals surface area contributed by atoms with E-state index in [4.69, 9.17) is 0 Å². The lowest BCUT2D eigenvalue weighted by atomic mass is 9.97. The Hall–Kier alpha value is -2.04. The van der Waals surface area contributed by atoms with E-state index in [0.717, 1.165) is 6.42 Å². The van der Waals surface area contributed by atoms with Crippen molar-refractivity contribution in [1.82, 2.24) is 15.5 Å². The first-order valence-corrected chi connectivity index (χ1v) is 7.83. The number of hydrogen-bond donors (Lipinski definition) is 2. The first-order chi connectivity index (χ1) is 10.5. The summed E-state index contributed by atoms with van der Waals surface area (Å²) in [6, 6.07) is 4.27. The Morgan fingerprint density at radius 3 is 2.59 bits per heavy atom. The second-order valence-electron chi connectivity index (χ2n) is 5.95. The maximum atomic E-state index is 12.1. The molecule has 1 aliphatic rings. The van der Waals surface area contributed by atoms with Gasteiger partial charge in [0.15, 0.2) is 0 Å². The molecular formula is C17H25N3O2. The van der Waals surface area contributed by atoms with Crippen molar-refractivity contribution >= 4 is 11.9 Å². The smallest absolute Gasteiger partial charge is 0.317 e. The lowest BCUT2D eigenvalue weighted by molar-refractivity contribution is -0.120. The third-order valence-electron chi connectivity index (χ3n) is 4.09. The molecule has 0 unspecified atom stereocenters. The molecule has 1 heterocycles. The molecule has 0 radical (unpaired) electrons. The van der Waals surface area contributed by atoms with Crippen LogP contribution in [0, 0.1) is 20.8 Å². The molecule has 2 N–H and O–H groups in total. The van der Waals surface area contributed by atoms with E-state index in [1.165, 1.54) is 22.3 Å². The minimum Gasteiger partial charge on any atom is -0.354 e. The van der Waals surface area contributed by atoms with Gasteiger partial charge in [-0.25, -0.2) is 4.79 Å². The third-order valence-corrected chi connectivity index (χ3v) is 4.09. The molecule has 22 heavy (non-hydrogen) atoms. The average molecular weight is 303 g/mol. The Kier molecular flexibility index (Phi) is 5.41. The Labute approximate surface area is 132 Å². The van der Waals surface area contributed by atoms with Gasteiger partial charge >= 0.3 is 6.03 Å². The molecular weight excluding hydrogens is 278 g/mol. The highest BCUT2D eigenvalue weighted by Crippen LogP contribution is 2.16. The molecule has 5 heteroatoms. The Morgan fingerprint density at radius 2 is 1.91 bits per heavy atom. The topological polar surface area (TPSA) is 61.4 Å². The van der Waals surface area contributed by atoms with Crippen LogP contribution < -0.4 is 10.6 Å². The number of rotatable bonds is 3. The van der Waals surface area contributed by atoms with Crippen molar-refractivity contribution in [2.75, 3.05) is 26.2 Å². The summed E-state index contributed by atoms with van der Waals surface area (Å²) in [5, 5.41) is 5.73. The Balaban J connectivity index is 1.86. The first kappa shape index (κ1) is 16.3. The monoisotopic (exact) mass is 303 g/mol. The van der Waals surface area contributed by atoms with Crippen LogP contribution in [0.3, 0.4) is 0 Å². The average Bonchev–Trinajstić information content (AvgIpc) is 2.66. The summed E-state index contributed by atoms with van der Waals surface area (Å²) in [5.41, 5.74) is 5.12. The van der Waals surface area contributed by atoms with Gasteiger partial charge in [-0.15, -0.1) is 0 Å². The maximum absolute atomic E-state index is 12.1. The van der Waals surface area contributed by atoms with E-state index in [9.17, 15) is 9.59 Å². The van der Waals surface area contributed by atoms with E-state index in [2.05, 4.69) is 43.5 Å². The maximum Gasteiger partial charge on any atom is 0.317 e. The van der Waals surface area contributed by atoms with Gasteiger partial charge in [0.2, 0.25) is 5.91 Å². The fraction of sp³-hybridized carbons (Fsp3) is 0.529. The molecule has 0 aliphatic carbocycles. The van der Waals surface area contributed by atoms with Gasteiger partial charge in [-0.2, -0.15) is 0 Å². The fourth-order valence-electron chi connectivity index (χ4n) is 2.98.